The Morgan fingerprint density at radius 2 is 1.62 bits per heavy atom. The first-order valence-electron chi connectivity index (χ1n) is 15.0. The third kappa shape index (κ3) is 7.38. The Balaban J connectivity index is 1.03. The Morgan fingerprint density at radius 3 is 2.29 bits per heavy atom. The number of imide groups is 1. The van der Waals surface area contributed by atoms with Gasteiger partial charge in [-0.1, -0.05) is 24.0 Å². The van der Waals surface area contributed by atoms with E-state index in [0.717, 1.165) is 24.0 Å². The van der Waals surface area contributed by atoms with Gasteiger partial charge in [0.25, 0.3) is 10.2 Å². The highest BCUT2D eigenvalue weighted by Crippen LogP contribution is 2.27. The molecule has 4 fully saturated rings. The third-order valence-electron chi connectivity index (χ3n) is 8.86. The van der Waals surface area contributed by atoms with Crippen LogP contribution in [0.1, 0.15) is 68.4 Å². The van der Waals surface area contributed by atoms with E-state index in [1.54, 1.807) is 0 Å². The van der Waals surface area contributed by atoms with E-state index in [0.29, 0.717) is 77.8 Å². The van der Waals surface area contributed by atoms with Crippen LogP contribution in [0.4, 0.5) is 0 Å². The van der Waals surface area contributed by atoms with E-state index in [1.807, 2.05) is 29.2 Å². The van der Waals surface area contributed by atoms with Crippen LogP contribution in [0.2, 0.25) is 0 Å². The lowest BCUT2D eigenvalue weighted by molar-refractivity contribution is -0.139. The number of rotatable bonds is 6. The maximum Gasteiger partial charge on any atom is 0.281 e. The van der Waals surface area contributed by atoms with Gasteiger partial charge in [0.2, 0.25) is 17.7 Å². The van der Waals surface area contributed by atoms with Crippen LogP contribution in [0.3, 0.4) is 0 Å². The molecule has 0 aliphatic carbocycles. The summed E-state index contributed by atoms with van der Waals surface area (Å²) in [7, 11) is -3.50. The molecule has 0 radical (unpaired) electrons. The molecule has 4 heterocycles. The summed E-state index contributed by atoms with van der Waals surface area (Å²) in [4.78, 5) is 38.7. The zero-order valence-electron chi connectivity index (χ0n) is 24.0. The van der Waals surface area contributed by atoms with Gasteiger partial charge in [0.1, 0.15) is 6.61 Å². The first-order chi connectivity index (χ1) is 20.2. The largest absolute Gasteiger partial charge is 0.365 e. The Hall–Kier alpha value is -2.82. The van der Waals surface area contributed by atoms with Crippen molar-refractivity contribution >= 4 is 27.9 Å². The van der Waals surface area contributed by atoms with Crippen molar-refractivity contribution in [1.29, 1.82) is 0 Å². The molecule has 42 heavy (non-hydrogen) atoms. The molecule has 12 heteroatoms. The average Bonchev–Trinajstić information content (AvgIpc) is 3.00. The fraction of sp³-hybridized carbons (Fsp3) is 0.633. The van der Waals surface area contributed by atoms with Gasteiger partial charge in [0, 0.05) is 63.2 Å². The van der Waals surface area contributed by atoms with Gasteiger partial charge in [0.15, 0.2) is 0 Å². The van der Waals surface area contributed by atoms with Gasteiger partial charge < -0.3 is 15.4 Å². The summed E-state index contributed by atoms with van der Waals surface area (Å²) in [6, 6.07) is 7.59. The molecule has 228 valence electrons. The minimum absolute atomic E-state index is 0.0304. The van der Waals surface area contributed by atoms with Crippen LogP contribution in [-0.4, -0.2) is 97.7 Å². The van der Waals surface area contributed by atoms with Crippen LogP contribution < -0.4 is 11.1 Å². The predicted molar refractivity (Wildman–Crippen MR) is 156 cm³/mol. The highest BCUT2D eigenvalue weighted by molar-refractivity contribution is 7.86. The van der Waals surface area contributed by atoms with Gasteiger partial charge in [-0.05, 0) is 62.6 Å². The lowest BCUT2D eigenvalue weighted by Gasteiger charge is -2.39. The number of piperidine rings is 4. The van der Waals surface area contributed by atoms with Crippen LogP contribution >= 0.6 is 0 Å². The molecule has 0 aromatic heterocycles. The molecule has 0 saturated carbocycles. The number of carbonyl (C=O) groups is 3. The average molecular weight is 600 g/mol. The van der Waals surface area contributed by atoms with E-state index < -0.39 is 10.2 Å². The first-order valence-corrected chi connectivity index (χ1v) is 16.4. The van der Waals surface area contributed by atoms with E-state index in [4.69, 9.17) is 10.5 Å². The molecule has 0 bridgehead atoms. The van der Waals surface area contributed by atoms with Gasteiger partial charge in [-0.2, -0.15) is 17.0 Å². The van der Waals surface area contributed by atoms with E-state index in [9.17, 15) is 22.8 Å². The molecule has 4 aliphatic heterocycles. The summed E-state index contributed by atoms with van der Waals surface area (Å²) in [6.45, 7) is 3.18. The van der Waals surface area contributed by atoms with E-state index in [1.165, 1.54) is 8.61 Å². The zero-order chi connectivity index (χ0) is 29.7. The lowest BCUT2D eigenvalue weighted by atomic mass is 9.90. The summed E-state index contributed by atoms with van der Waals surface area (Å²) in [6.07, 6.45) is 4.80. The number of amides is 3. The van der Waals surface area contributed by atoms with Crippen molar-refractivity contribution in [1.82, 2.24) is 18.8 Å². The van der Waals surface area contributed by atoms with Crippen molar-refractivity contribution < 1.29 is 27.5 Å². The highest BCUT2D eigenvalue weighted by atomic mass is 32.2. The molecule has 5 rings (SSSR count). The SMILES string of the molecule is NC1CCN(S(=O)(=O)N2CCC(C(=O)N3CCC(OCC#Cc4cccc(C5CCC(=O)NC5=O)c4)CC3)CC2)CC1. The van der Waals surface area contributed by atoms with E-state index in [2.05, 4.69) is 17.2 Å². The number of nitrogens with one attached hydrogen (secondary N) is 1. The van der Waals surface area contributed by atoms with Crippen LogP contribution in [0.25, 0.3) is 0 Å². The Bertz CT molecular complexity index is 1320. The summed E-state index contributed by atoms with van der Waals surface area (Å²) >= 11 is 0. The maximum atomic E-state index is 13.2. The molecule has 1 aromatic carbocycles. The van der Waals surface area contributed by atoms with Crippen molar-refractivity contribution in [2.75, 3.05) is 45.9 Å². The first kappa shape index (κ1) is 30.6. The minimum Gasteiger partial charge on any atom is -0.365 e. The number of likely N-dealkylation sites (tertiary alicyclic amines) is 1. The lowest BCUT2D eigenvalue weighted by Crippen LogP contribution is -2.52. The molecule has 11 nitrogen and oxygen atoms in total. The fourth-order valence-corrected chi connectivity index (χ4v) is 7.92. The molecule has 4 aliphatic rings. The molecule has 1 atom stereocenters. The standard InChI is InChI=1S/C30H41N5O6S/c31-25-10-18-35(19-11-25)42(39,40)34-16-8-23(9-17-34)30(38)33-14-12-26(13-15-33)41-20-2-4-22-3-1-5-24(21-22)27-6-7-28(36)32-29(27)37/h1,3,5,21,23,25-27H,6-20,31H2,(H,32,36,37). The molecule has 1 aromatic rings. The van der Waals surface area contributed by atoms with Gasteiger partial charge in [-0.25, -0.2) is 0 Å². The Morgan fingerprint density at radius 1 is 0.952 bits per heavy atom. The summed E-state index contributed by atoms with van der Waals surface area (Å²) in [5, 5.41) is 2.40. The topological polar surface area (TPSA) is 142 Å². The smallest absolute Gasteiger partial charge is 0.281 e. The second-order valence-corrected chi connectivity index (χ2v) is 13.6. The van der Waals surface area contributed by atoms with Crippen molar-refractivity contribution in [3.8, 4) is 11.8 Å². The van der Waals surface area contributed by atoms with Gasteiger partial charge in [-0.15, -0.1) is 0 Å². The maximum absolute atomic E-state index is 13.2. The summed E-state index contributed by atoms with van der Waals surface area (Å²) in [5.74, 6) is 5.29. The molecule has 4 saturated heterocycles. The summed E-state index contributed by atoms with van der Waals surface area (Å²) < 4.78 is 35.1. The van der Waals surface area contributed by atoms with Gasteiger partial charge >= 0.3 is 0 Å². The Labute approximate surface area is 248 Å². The van der Waals surface area contributed by atoms with Crippen molar-refractivity contribution in [2.45, 2.75) is 69.4 Å². The normalized spacial score (nSPS) is 24.2. The van der Waals surface area contributed by atoms with Crippen LogP contribution in [0.5, 0.6) is 0 Å². The van der Waals surface area contributed by atoms with Crippen molar-refractivity contribution in [3.63, 3.8) is 0 Å². The number of nitrogens with zero attached hydrogens (tertiary/aromatic N) is 3. The van der Waals surface area contributed by atoms with Crippen LogP contribution in [0.15, 0.2) is 24.3 Å². The number of hydrogen-bond donors (Lipinski definition) is 2. The van der Waals surface area contributed by atoms with Gasteiger partial charge in [0.05, 0.1) is 12.0 Å². The molecule has 3 amide bonds. The van der Waals surface area contributed by atoms with Gasteiger partial charge in [-0.3, -0.25) is 19.7 Å². The number of benzene rings is 1. The number of hydrogen-bond acceptors (Lipinski definition) is 7. The Kier molecular flexibility index (Phi) is 9.96. The number of nitrogens with two attached hydrogens (primary N) is 1. The zero-order valence-corrected chi connectivity index (χ0v) is 24.8. The van der Waals surface area contributed by atoms with Crippen molar-refractivity contribution in [3.05, 3.63) is 35.4 Å². The third-order valence-corrected chi connectivity index (χ3v) is 10.9. The number of ether oxygens (including phenoxy) is 1. The summed E-state index contributed by atoms with van der Waals surface area (Å²) in [5.41, 5.74) is 7.57. The molecular weight excluding hydrogens is 558 g/mol. The van der Waals surface area contributed by atoms with Crippen LogP contribution in [-0.2, 0) is 29.3 Å². The predicted octanol–water partition coefficient (Wildman–Crippen LogP) is 0.946. The second kappa shape index (κ2) is 13.7. The molecular formula is C30H41N5O6S. The molecule has 3 N–H and O–H groups in total. The fourth-order valence-electron chi connectivity index (χ4n) is 6.25. The quantitative estimate of drug-likeness (QED) is 0.366. The molecule has 1 unspecified atom stereocenters. The molecule has 0 spiro atoms. The monoisotopic (exact) mass is 599 g/mol. The van der Waals surface area contributed by atoms with E-state index >= 15 is 0 Å². The van der Waals surface area contributed by atoms with E-state index in [-0.39, 0.29) is 48.3 Å². The number of carbonyl (C=O) groups excluding carboxylic acids is 3. The second-order valence-electron chi connectivity index (χ2n) is 11.7. The highest BCUT2D eigenvalue weighted by Gasteiger charge is 2.37. The minimum atomic E-state index is -3.50. The van der Waals surface area contributed by atoms with Crippen molar-refractivity contribution in [2.24, 2.45) is 11.7 Å². The van der Waals surface area contributed by atoms with Crippen LogP contribution in [0, 0.1) is 17.8 Å².